The van der Waals surface area contributed by atoms with Gasteiger partial charge in [-0.1, -0.05) is 54.6 Å². The number of aromatic nitrogens is 1. The van der Waals surface area contributed by atoms with Gasteiger partial charge in [-0.05, 0) is 48.6 Å². The molecule has 3 heterocycles. The SMILES string of the molecule is O=C(/C=C/c1ccc(N(C(=O)O)[C@@H]2CCN(Cc3ccc(C(=O)c4ccccc4)cc3)C2)nc1)NOC1CCCCO1. The number of amides is 2. The molecular formula is C32H34N4O6. The number of hydroxylamine groups is 1. The van der Waals surface area contributed by atoms with Gasteiger partial charge in [0.25, 0.3) is 5.91 Å². The van der Waals surface area contributed by atoms with Gasteiger partial charge in [0.05, 0.1) is 6.04 Å². The number of carbonyl (C=O) groups excluding carboxylic acids is 2. The molecule has 218 valence electrons. The topological polar surface area (TPSA) is 121 Å². The van der Waals surface area contributed by atoms with Crippen LogP contribution in [0.1, 0.15) is 52.7 Å². The fraction of sp³-hybridized carbons (Fsp3) is 0.312. The van der Waals surface area contributed by atoms with E-state index in [9.17, 15) is 19.5 Å². The molecule has 5 rings (SSSR count). The highest BCUT2D eigenvalue weighted by atomic mass is 16.8. The summed E-state index contributed by atoms with van der Waals surface area (Å²) in [6.07, 6.45) is 6.33. The molecule has 0 radical (unpaired) electrons. The van der Waals surface area contributed by atoms with Gasteiger partial charge in [-0.3, -0.25) is 19.4 Å². The number of benzene rings is 2. The molecule has 2 amide bonds. The maximum absolute atomic E-state index is 12.7. The van der Waals surface area contributed by atoms with Crippen molar-refractivity contribution in [2.24, 2.45) is 0 Å². The van der Waals surface area contributed by atoms with Crippen molar-refractivity contribution < 1.29 is 29.1 Å². The van der Waals surface area contributed by atoms with Crippen molar-refractivity contribution in [3.05, 3.63) is 101 Å². The van der Waals surface area contributed by atoms with Crippen molar-refractivity contribution in [1.29, 1.82) is 0 Å². The van der Waals surface area contributed by atoms with E-state index < -0.39 is 18.3 Å². The third-order valence-corrected chi connectivity index (χ3v) is 7.35. The molecule has 2 atom stereocenters. The maximum Gasteiger partial charge on any atom is 0.413 e. The summed E-state index contributed by atoms with van der Waals surface area (Å²) in [5, 5.41) is 10.00. The van der Waals surface area contributed by atoms with Crippen LogP contribution in [0.15, 0.2) is 79.0 Å². The van der Waals surface area contributed by atoms with Crippen LogP contribution in [0, 0.1) is 0 Å². The van der Waals surface area contributed by atoms with Crippen LogP contribution in [-0.2, 0) is 20.9 Å². The fourth-order valence-corrected chi connectivity index (χ4v) is 5.16. The summed E-state index contributed by atoms with van der Waals surface area (Å²) in [4.78, 5) is 50.1. The standard InChI is InChI=1S/C32H34N4O6/c37-29(34-42-30-8-4-5-19-41-30)16-12-23-11-15-28(33-20-23)36(32(39)40)27-17-18-35(22-27)21-24-9-13-26(14-10-24)31(38)25-6-2-1-3-7-25/h1-3,6-7,9-16,20,27,30H,4-5,8,17-19,21-22H2,(H,34,37)(H,39,40)/b16-12+/t27-,30?/m1/s1. The van der Waals surface area contributed by atoms with Gasteiger partial charge >= 0.3 is 6.09 Å². The van der Waals surface area contributed by atoms with Crippen molar-refractivity contribution in [1.82, 2.24) is 15.4 Å². The third kappa shape index (κ3) is 7.67. The highest BCUT2D eigenvalue weighted by molar-refractivity contribution is 6.08. The quantitative estimate of drug-likeness (QED) is 0.205. The number of rotatable bonds is 10. The molecule has 2 saturated heterocycles. The van der Waals surface area contributed by atoms with E-state index in [-0.39, 0.29) is 11.8 Å². The second kappa shape index (κ2) is 14.0. The molecule has 42 heavy (non-hydrogen) atoms. The molecule has 2 aromatic carbocycles. The van der Waals surface area contributed by atoms with Crippen LogP contribution < -0.4 is 10.4 Å². The molecule has 2 aliphatic heterocycles. The van der Waals surface area contributed by atoms with Crippen LogP contribution in [0.5, 0.6) is 0 Å². The smallest absolute Gasteiger partial charge is 0.413 e. The number of ether oxygens (including phenoxy) is 1. The van der Waals surface area contributed by atoms with Crippen molar-refractivity contribution in [2.45, 2.75) is 44.6 Å². The number of likely N-dealkylation sites (tertiary alicyclic amines) is 1. The van der Waals surface area contributed by atoms with Gasteiger partial charge in [0.2, 0.25) is 0 Å². The van der Waals surface area contributed by atoms with Gasteiger partial charge in [-0.2, -0.15) is 0 Å². The summed E-state index contributed by atoms with van der Waals surface area (Å²) in [5.74, 6) is -0.113. The Morgan fingerprint density at radius 1 is 1.02 bits per heavy atom. The van der Waals surface area contributed by atoms with E-state index in [2.05, 4.69) is 15.4 Å². The van der Waals surface area contributed by atoms with Crippen molar-refractivity contribution >= 4 is 29.7 Å². The summed E-state index contributed by atoms with van der Waals surface area (Å²) in [6, 6.07) is 19.9. The minimum absolute atomic E-state index is 0.0171. The van der Waals surface area contributed by atoms with Crippen LogP contribution in [0.4, 0.5) is 10.6 Å². The second-order valence-electron chi connectivity index (χ2n) is 10.4. The first kappa shape index (κ1) is 29.1. The first-order valence-electron chi connectivity index (χ1n) is 14.1. The number of nitrogens with one attached hydrogen (secondary N) is 1. The average Bonchev–Trinajstić information content (AvgIpc) is 3.48. The molecular weight excluding hydrogens is 536 g/mol. The van der Waals surface area contributed by atoms with E-state index in [0.717, 1.165) is 31.4 Å². The summed E-state index contributed by atoms with van der Waals surface area (Å²) in [6.45, 7) is 2.57. The minimum atomic E-state index is -1.07. The Bertz CT molecular complexity index is 1390. The highest BCUT2D eigenvalue weighted by Gasteiger charge is 2.32. The maximum atomic E-state index is 12.7. The van der Waals surface area contributed by atoms with Gasteiger partial charge in [0.15, 0.2) is 12.1 Å². The number of ketones is 1. The lowest BCUT2D eigenvalue weighted by Crippen LogP contribution is -2.41. The number of hydrogen-bond acceptors (Lipinski definition) is 7. The Morgan fingerprint density at radius 3 is 2.50 bits per heavy atom. The molecule has 10 nitrogen and oxygen atoms in total. The van der Waals surface area contributed by atoms with E-state index in [1.54, 1.807) is 30.3 Å². The molecule has 0 spiro atoms. The molecule has 2 fully saturated rings. The van der Waals surface area contributed by atoms with Gasteiger partial charge in [-0.15, -0.1) is 0 Å². The normalized spacial score (nSPS) is 19.0. The predicted molar refractivity (Wildman–Crippen MR) is 157 cm³/mol. The monoisotopic (exact) mass is 570 g/mol. The molecule has 0 aliphatic carbocycles. The van der Waals surface area contributed by atoms with Crippen molar-refractivity contribution in [3.63, 3.8) is 0 Å². The lowest BCUT2D eigenvalue weighted by Gasteiger charge is -2.25. The van der Waals surface area contributed by atoms with Crippen LogP contribution in [0.2, 0.25) is 0 Å². The van der Waals surface area contributed by atoms with Crippen LogP contribution in [-0.4, -0.2) is 64.8 Å². The Labute approximate surface area is 244 Å². The number of carbonyl (C=O) groups is 3. The Kier molecular flexibility index (Phi) is 9.70. The minimum Gasteiger partial charge on any atom is -0.465 e. The summed E-state index contributed by atoms with van der Waals surface area (Å²) in [7, 11) is 0. The molecule has 3 aromatic rings. The summed E-state index contributed by atoms with van der Waals surface area (Å²) in [5.41, 5.74) is 5.35. The Hall–Kier alpha value is -4.38. The summed E-state index contributed by atoms with van der Waals surface area (Å²) < 4.78 is 5.41. The molecule has 0 saturated carbocycles. The van der Waals surface area contributed by atoms with E-state index in [4.69, 9.17) is 9.57 Å². The van der Waals surface area contributed by atoms with E-state index in [0.29, 0.717) is 48.6 Å². The number of pyridine rings is 1. The largest absolute Gasteiger partial charge is 0.465 e. The van der Waals surface area contributed by atoms with Crippen molar-refractivity contribution in [3.8, 4) is 0 Å². The summed E-state index contributed by atoms with van der Waals surface area (Å²) >= 11 is 0. The van der Waals surface area contributed by atoms with Crippen LogP contribution >= 0.6 is 0 Å². The van der Waals surface area contributed by atoms with Gasteiger partial charge in [-0.25, -0.2) is 20.1 Å². The molecule has 2 N–H and O–H groups in total. The lowest BCUT2D eigenvalue weighted by molar-refractivity contribution is -0.198. The third-order valence-electron chi connectivity index (χ3n) is 7.35. The van der Waals surface area contributed by atoms with E-state index in [1.165, 1.54) is 17.2 Å². The zero-order valence-corrected chi connectivity index (χ0v) is 23.2. The second-order valence-corrected chi connectivity index (χ2v) is 10.4. The van der Waals surface area contributed by atoms with Crippen LogP contribution in [0.25, 0.3) is 6.08 Å². The number of nitrogens with zero attached hydrogens (tertiary/aromatic N) is 3. The van der Waals surface area contributed by atoms with Gasteiger partial charge < -0.3 is 9.84 Å². The van der Waals surface area contributed by atoms with E-state index >= 15 is 0 Å². The Morgan fingerprint density at radius 2 is 1.81 bits per heavy atom. The van der Waals surface area contributed by atoms with Crippen LogP contribution in [0.3, 0.4) is 0 Å². The van der Waals surface area contributed by atoms with Gasteiger partial charge in [0.1, 0.15) is 5.82 Å². The van der Waals surface area contributed by atoms with E-state index in [1.807, 2.05) is 42.5 Å². The fourth-order valence-electron chi connectivity index (χ4n) is 5.16. The number of carboxylic acid groups (broad SMARTS) is 1. The zero-order valence-electron chi connectivity index (χ0n) is 23.2. The Balaban J connectivity index is 1.13. The number of hydrogen-bond donors (Lipinski definition) is 2. The average molecular weight is 571 g/mol. The zero-order chi connectivity index (χ0) is 29.3. The predicted octanol–water partition coefficient (Wildman–Crippen LogP) is 4.66. The molecule has 2 aliphatic rings. The number of anilines is 1. The molecule has 1 aromatic heterocycles. The molecule has 10 heteroatoms. The van der Waals surface area contributed by atoms with Crippen molar-refractivity contribution in [2.75, 3.05) is 24.6 Å². The molecule has 0 bridgehead atoms. The highest BCUT2D eigenvalue weighted by Crippen LogP contribution is 2.24. The van der Waals surface area contributed by atoms with Gasteiger partial charge in [0, 0.05) is 56.1 Å². The lowest BCUT2D eigenvalue weighted by atomic mass is 10.0. The molecule has 1 unspecified atom stereocenters. The first-order chi connectivity index (χ1) is 20.5. The first-order valence-corrected chi connectivity index (χ1v) is 14.1.